The van der Waals surface area contributed by atoms with Crippen LogP contribution in [0.15, 0.2) is 53.4 Å². The van der Waals surface area contributed by atoms with Crippen LogP contribution >= 0.6 is 0 Å². The van der Waals surface area contributed by atoms with E-state index in [0.717, 1.165) is 43.2 Å². The van der Waals surface area contributed by atoms with Gasteiger partial charge in [0, 0.05) is 44.7 Å². The summed E-state index contributed by atoms with van der Waals surface area (Å²) in [6.07, 6.45) is 5.15. The average Bonchev–Trinajstić information content (AvgIpc) is 2.87. The van der Waals surface area contributed by atoms with Crippen LogP contribution in [-0.4, -0.2) is 51.5 Å². The number of benzene rings is 2. The molecule has 2 aliphatic rings. The van der Waals surface area contributed by atoms with Crippen LogP contribution in [0, 0.1) is 5.82 Å². The maximum absolute atomic E-state index is 13.8. The number of carbonyl (C=O) groups is 1. The molecule has 2 saturated heterocycles. The molecule has 184 valence electrons. The molecule has 0 unspecified atom stereocenters. The summed E-state index contributed by atoms with van der Waals surface area (Å²) in [5.41, 5.74) is 1.47. The molecule has 0 spiro atoms. The summed E-state index contributed by atoms with van der Waals surface area (Å²) in [4.78, 5) is 12.9. The number of halogens is 1. The summed E-state index contributed by atoms with van der Waals surface area (Å²) < 4.78 is 46.5. The molecular formula is C26H33FN2O4S. The zero-order chi connectivity index (χ0) is 24.0. The zero-order valence-corrected chi connectivity index (χ0v) is 20.3. The minimum Gasteiger partial charge on any atom is -0.381 e. The molecular weight excluding hydrogens is 455 g/mol. The molecule has 2 aromatic rings. The Hall–Kier alpha value is -2.29. The van der Waals surface area contributed by atoms with Crippen molar-refractivity contribution < 1.29 is 22.3 Å². The largest absolute Gasteiger partial charge is 0.381 e. The number of ether oxygens (including phenoxy) is 1. The monoisotopic (exact) mass is 488 g/mol. The van der Waals surface area contributed by atoms with Crippen LogP contribution in [0.1, 0.15) is 49.7 Å². The number of aryl methyl sites for hydroxylation is 1. The first-order valence-electron chi connectivity index (χ1n) is 12.1. The molecule has 2 heterocycles. The Morgan fingerprint density at radius 1 is 1.03 bits per heavy atom. The van der Waals surface area contributed by atoms with Crippen LogP contribution in [0.5, 0.6) is 0 Å². The smallest absolute Gasteiger partial charge is 0.243 e. The number of sulfonamides is 1. The summed E-state index contributed by atoms with van der Waals surface area (Å²) >= 11 is 0. The fraction of sp³-hybridized carbons (Fsp3) is 0.500. The molecule has 2 aliphatic heterocycles. The molecule has 34 heavy (non-hydrogen) atoms. The van der Waals surface area contributed by atoms with Gasteiger partial charge in [0.15, 0.2) is 0 Å². The summed E-state index contributed by atoms with van der Waals surface area (Å²) in [5.74, 6) is -0.354. The van der Waals surface area contributed by atoms with Gasteiger partial charge in [0.1, 0.15) is 5.82 Å². The number of piperidine rings is 1. The highest BCUT2D eigenvalue weighted by atomic mass is 32.2. The van der Waals surface area contributed by atoms with Crippen molar-refractivity contribution in [3.8, 4) is 0 Å². The van der Waals surface area contributed by atoms with Gasteiger partial charge in [-0.3, -0.25) is 4.79 Å². The Morgan fingerprint density at radius 3 is 2.41 bits per heavy atom. The predicted octanol–water partition coefficient (Wildman–Crippen LogP) is 3.80. The van der Waals surface area contributed by atoms with Gasteiger partial charge in [-0.1, -0.05) is 30.7 Å². The number of carbonyl (C=O) groups excluding carboxylic acids is 1. The molecule has 1 amide bonds. The van der Waals surface area contributed by atoms with E-state index in [1.54, 1.807) is 40.7 Å². The summed E-state index contributed by atoms with van der Waals surface area (Å²) in [7, 11) is -3.45. The van der Waals surface area contributed by atoms with Crippen LogP contribution in [-0.2, 0) is 31.4 Å². The van der Waals surface area contributed by atoms with Crippen molar-refractivity contribution in [2.24, 2.45) is 0 Å². The Bertz CT molecular complexity index is 1080. The third-order valence-corrected chi connectivity index (χ3v) is 8.94. The van der Waals surface area contributed by atoms with Crippen LogP contribution in [0.2, 0.25) is 0 Å². The maximum atomic E-state index is 13.8. The topological polar surface area (TPSA) is 75.7 Å². The second-order valence-electron chi connectivity index (χ2n) is 9.29. The van der Waals surface area contributed by atoms with Crippen molar-refractivity contribution in [1.29, 1.82) is 0 Å². The molecule has 8 heteroatoms. The van der Waals surface area contributed by atoms with E-state index in [0.29, 0.717) is 50.6 Å². The van der Waals surface area contributed by atoms with Crippen molar-refractivity contribution in [3.05, 3.63) is 65.5 Å². The van der Waals surface area contributed by atoms with Gasteiger partial charge in [-0.15, -0.1) is 0 Å². The van der Waals surface area contributed by atoms with Crippen molar-refractivity contribution in [2.45, 2.75) is 55.3 Å². The van der Waals surface area contributed by atoms with Crippen LogP contribution in [0.3, 0.4) is 0 Å². The van der Waals surface area contributed by atoms with Gasteiger partial charge < -0.3 is 10.1 Å². The first-order chi connectivity index (χ1) is 16.4. The third kappa shape index (κ3) is 5.85. The van der Waals surface area contributed by atoms with Crippen LogP contribution < -0.4 is 5.32 Å². The van der Waals surface area contributed by atoms with Crippen molar-refractivity contribution >= 4 is 15.9 Å². The van der Waals surface area contributed by atoms with Crippen LogP contribution in [0.4, 0.5) is 4.39 Å². The van der Waals surface area contributed by atoms with E-state index in [4.69, 9.17) is 4.74 Å². The molecule has 0 aromatic heterocycles. The molecule has 0 bridgehead atoms. The molecule has 2 fully saturated rings. The molecule has 0 radical (unpaired) electrons. The number of nitrogens with zero attached hydrogens (tertiary/aromatic N) is 1. The molecule has 0 aliphatic carbocycles. The second-order valence-corrected chi connectivity index (χ2v) is 11.2. The minimum absolute atomic E-state index is 0.0766. The fourth-order valence-corrected chi connectivity index (χ4v) is 6.36. The summed E-state index contributed by atoms with van der Waals surface area (Å²) in [6, 6.07) is 13.5. The standard InChI is InChI=1S/C26H33FN2O4S/c27-23-6-4-5-22(19-23)26(13-17-33-18-14-26)20-28-25(30)12-9-21-7-10-24(11-8-21)34(31,32)29-15-2-1-3-16-29/h4-8,10-11,19H,1-3,9,12-18,20H2,(H,28,30). The van der Waals surface area contributed by atoms with Gasteiger partial charge in [-0.25, -0.2) is 12.8 Å². The SMILES string of the molecule is O=C(CCc1ccc(S(=O)(=O)N2CCCCC2)cc1)NCC1(c2cccc(F)c2)CCOCC1. The second kappa shape index (κ2) is 11.0. The Balaban J connectivity index is 1.32. The van der Waals surface area contributed by atoms with Crippen molar-refractivity contribution in [1.82, 2.24) is 9.62 Å². The lowest BCUT2D eigenvalue weighted by Gasteiger charge is -2.38. The number of hydrogen-bond donors (Lipinski definition) is 1. The quantitative estimate of drug-likeness (QED) is 0.613. The Morgan fingerprint density at radius 2 is 1.74 bits per heavy atom. The Labute approximate surface area is 201 Å². The van der Waals surface area contributed by atoms with Crippen molar-refractivity contribution in [3.63, 3.8) is 0 Å². The van der Waals surface area contributed by atoms with Crippen molar-refractivity contribution in [2.75, 3.05) is 32.8 Å². The van der Waals surface area contributed by atoms with E-state index in [9.17, 15) is 17.6 Å². The first kappa shape index (κ1) is 24.8. The molecule has 1 N–H and O–H groups in total. The summed E-state index contributed by atoms with van der Waals surface area (Å²) in [5, 5.41) is 3.04. The molecule has 2 aromatic carbocycles. The highest BCUT2D eigenvalue weighted by Gasteiger charge is 2.35. The van der Waals surface area contributed by atoms with Gasteiger partial charge in [0.2, 0.25) is 15.9 Å². The lowest BCUT2D eigenvalue weighted by Crippen LogP contribution is -2.44. The van der Waals surface area contributed by atoms with Gasteiger partial charge in [-0.05, 0) is 67.5 Å². The lowest BCUT2D eigenvalue weighted by molar-refractivity contribution is -0.121. The lowest BCUT2D eigenvalue weighted by atomic mass is 9.74. The number of rotatable bonds is 8. The van der Waals surface area contributed by atoms with E-state index < -0.39 is 10.0 Å². The molecule has 4 rings (SSSR count). The third-order valence-electron chi connectivity index (χ3n) is 7.03. The maximum Gasteiger partial charge on any atom is 0.243 e. The first-order valence-corrected chi connectivity index (χ1v) is 13.5. The van der Waals surface area contributed by atoms with E-state index in [-0.39, 0.29) is 17.1 Å². The van der Waals surface area contributed by atoms with Crippen LogP contribution in [0.25, 0.3) is 0 Å². The predicted molar refractivity (Wildman–Crippen MR) is 129 cm³/mol. The van der Waals surface area contributed by atoms with Gasteiger partial charge >= 0.3 is 0 Å². The normalized spacial score (nSPS) is 19.0. The van der Waals surface area contributed by atoms with E-state index in [1.165, 1.54) is 6.07 Å². The minimum atomic E-state index is -3.45. The average molecular weight is 489 g/mol. The van der Waals surface area contributed by atoms with Gasteiger partial charge in [-0.2, -0.15) is 4.31 Å². The fourth-order valence-electron chi connectivity index (χ4n) is 4.84. The summed E-state index contributed by atoms with van der Waals surface area (Å²) in [6.45, 7) is 2.75. The number of nitrogens with one attached hydrogen (secondary N) is 1. The zero-order valence-electron chi connectivity index (χ0n) is 19.5. The Kier molecular flexibility index (Phi) is 8.01. The molecule has 0 atom stereocenters. The van der Waals surface area contributed by atoms with E-state index in [2.05, 4.69) is 5.32 Å². The number of hydrogen-bond acceptors (Lipinski definition) is 4. The van der Waals surface area contributed by atoms with Gasteiger partial charge in [0.25, 0.3) is 0 Å². The van der Waals surface area contributed by atoms with Gasteiger partial charge in [0.05, 0.1) is 4.90 Å². The number of amides is 1. The highest BCUT2D eigenvalue weighted by Crippen LogP contribution is 2.34. The van der Waals surface area contributed by atoms with E-state index >= 15 is 0 Å². The highest BCUT2D eigenvalue weighted by molar-refractivity contribution is 7.89. The molecule has 6 nitrogen and oxygen atoms in total. The molecule has 0 saturated carbocycles. The van der Waals surface area contributed by atoms with E-state index in [1.807, 2.05) is 6.07 Å².